The highest BCUT2D eigenvalue weighted by molar-refractivity contribution is 6.03. The largest absolute Gasteiger partial charge is 0.463 e. The molecule has 6 nitrogen and oxygen atoms in total. The fraction of sp³-hybridized carbons (Fsp3) is 0.294. The summed E-state index contributed by atoms with van der Waals surface area (Å²) in [6.45, 7) is 1.00. The summed E-state index contributed by atoms with van der Waals surface area (Å²) in [6.07, 6.45) is -3.97. The Labute approximate surface area is 146 Å². The molecule has 140 valence electrons. The summed E-state index contributed by atoms with van der Waals surface area (Å²) >= 11 is 0. The number of alkyl halides is 3. The maximum atomic E-state index is 13.3. The summed E-state index contributed by atoms with van der Waals surface area (Å²) in [5, 5.41) is 10.0. The highest BCUT2D eigenvalue weighted by atomic mass is 19.4. The van der Waals surface area contributed by atoms with Crippen molar-refractivity contribution >= 4 is 17.6 Å². The van der Waals surface area contributed by atoms with Gasteiger partial charge in [0.05, 0.1) is 12.9 Å². The van der Waals surface area contributed by atoms with Crippen LogP contribution in [0.15, 0.2) is 47.1 Å². The van der Waals surface area contributed by atoms with E-state index in [1.165, 1.54) is 44.5 Å². The van der Waals surface area contributed by atoms with Gasteiger partial charge in [-0.3, -0.25) is 4.79 Å². The first-order valence-electron chi connectivity index (χ1n) is 7.51. The lowest BCUT2D eigenvalue weighted by Crippen LogP contribution is -2.50. The molecule has 0 saturated carbocycles. The van der Waals surface area contributed by atoms with Gasteiger partial charge in [0, 0.05) is 18.3 Å². The second-order valence-electron chi connectivity index (χ2n) is 5.32. The van der Waals surface area contributed by atoms with Gasteiger partial charge in [-0.15, -0.1) is 0 Å². The van der Waals surface area contributed by atoms with E-state index in [9.17, 15) is 27.9 Å². The first-order chi connectivity index (χ1) is 12.1. The van der Waals surface area contributed by atoms with Crippen LogP contribution in [-0.2, 0) is 15.1 Å². The Bertz CT molecular complexity index is 771. The van der Waals surface area contributed by atoms with E-state index in [0.29, 0.717) is 0 Å². The third-order valence-electron chi connectivity index (χ3n) is 3.69. The molecule has 2 aromatic rings. The third-order valence-corrected chi connectivity index (χ3v) is 3.69. The number of amides is 1. The van der Waals surface area contributed by atoms with Gasteiger partial charge in [-0.25, -0.2) is 4.79 Å². The van der Waals surface area contributed by atoms with Crippen LogP contribution in [0.2, 0.25) is 0 Å². The summed E-state index contributed by atoms with van der Waals surface area (Å²) in [5.74, 6) is -2.28. The molecule has 1 aromatic carbocycles. The Morgan fingerprint density at radius 2 is 1.81 bits per heavy atom. The Kier molecular flexibility index (Phi) is 5.41. The van der Waals surface area contributed by atoms with E-state index in [0.717, 1.165) is 17.0 Å². The van der Waals surface area contributed by atoms with Crippen molar-refractivity contribution in [1.29, 1.82) is 0 Å². The van der Waals surface area contributed by atoms with Crippen LogP contribution in [0.25, 0.3) is 0 Å². The maximum absolute atomic E-state index is 13.3. The number of anilines is 1. The quantitative estimate of drug-likeness (QED) is 0.818. The van der Waals surface area contributed by atoms with Gasteiger partial charge >= 0.3 is 12.1 Å². The lowest BCUT2D eigenvalue weighted by molar-refractivity contribution is -0.267. The number of benzene rings is 1. The number of furan rings is 1. The molecule has 1 unspecified atom stereocenters. The van der Waals surface area contributed by atoms with Gasteiger partial charge in [0.15, 0.2) is 5.76 Å². The fourth-order valence-electron chi connectivity index (χ4n) is 2.24. The van der Waals surface area contributed by atoms with Crippen LogP contribution in [0.4, 0.5) is 18.9 Å². The molecule has 9 heteroatoms. The Balaban J connectivity index is 2.34. The van der Waals surface area contributed by atoms with Crippen LogP contribution in [-0.4, -0.2) is 36.8 Å². The van der Waals surface area contributed by atoms with Crippen LogP contribution in [0.1, 0.15) is 23.0 Å². The molecule has 1 aromatic heterocycles. The Morgan fingerprint density at radius 3 is 2.27 bits per heavy atom. The van der Waals surface area contributed by atoms with Crippen LogP contribution in [0.3, 0.4) is 0 Å². The minimum atomic E-state index is -5.28. The molecular weight excluding hydrogens is 355 g/mol. The number of hydrogen-bond acceptors (Lipinski definition) is 5. The molecule has 1 heterocycles. The van der Waals surface area contributed by atoms with Crippen molar-refractivity contribution < 1.29 is 37.0 Å². The van der Waals surface area contributed by atoms with E-state index in [1.807, 2.05) is 0 Å². The minimum absolute atomic E-state index is 0.0508. The molecule has 26 heavy (non-hydrogen) atoms. The van der Waals surface area contributed by atoms with Gasteiger partial charge in [-0.05, 0) is 31.2 Å². The fourth-order valence-corrected chi connectivity index (χ4v) is 2.24. The monoisotopic (exact) mass is 371 g/mol. The summed E-state index contributed by atoms with van der Waals surface area (Å²) < 4.78 is 49.3. The second kappa shape index (κ2) is 7.20. The van der Waals surface area contributed by atoms with Crippen LogP contribution in [0.5, 0.6) is 0 Å². The number of nitrogens with zero attached hydrogens (tertiary/aromatic N) is 1. The van der Waals surface area contributed by atoms with E-state index in [1.54, 1.807) is 0 Å². The number of carbonyl (C=O) groups excluding carboxylic acids is 2. The van der Waals surface area contributed by atoms with Gasteiger partial charge < -0.3 is 19.2 Å². The SMILES string of the molecule is CCOC(=O)C(O)(c1ccc(N(C)C(=O)c2ccco2)cc1)C(F)(F)F. The Morgan fingerprint density at radius 1 is 1.19 bits per heavy atom. The van der Waals surface area contributed by atoms with Crippen molar-refractivity contribution in [2.75, 3.05) is 18.6 Å². The first-order valence-corrected chi connectivity index (χ1v) is 7.51. The van der Waals surface area contributed by atoms with Gasteiger partial charge in [0.1, 0.15) is 0 Å². The molecular formula is C17H16F3NO5. The molecule has 0 radical (unpaired) electrons. The molecule has 0 bridgehead atoms. The number of aliphatic hydroxyl groups is 1. The normalized spacial score (nSPS) is 13.8. The van der Waals surface area contributed by atoms with Crippen molar-refractivity contribution in [2.45, 2.75) is 18.7 Å². The zero-order valence-corrected chi connectivity index (χ0v) is 13.9. The zero-order valence-electron chi connectivity index (χ0n) is 13.9. The van der Waals surface area contributed by atoms with Crippen LogP contribution in [0, 0.1) is 0 Å². The van der Waals surface area contributed by atoms with Crippen molar-refractivity contribution in [1.82, 2.24) is 0 Å². The number of rotatable bonds is 5. The summed E-state index contributed by atoms with van der Waals surface area (Å²) in [6, 6.07) is 7.12. The molecule has 1 atom stereocenters. The van der Waals surface area contributed by atoms with Crippen LogP contribution < -0.4 is 4.90 Å². The molecule has 0 spiro atoms. The second-order valence-corrected chi connectivity index (χ2v) is 5.32. The molecule has 0 aliphatic rings. The minimum Gasteiger partial charge on any atom is -0.463 e. The van der Waals surface area contributed by atoms with Crippen molar-refractivity contribution in [3.63, 3.8) is 0 Å². The number of hydrogen-bond donors (Lipinski definition) is 1. The molecule has 0 aliphatic carbocycles. The predicted molar refractivity (Wildman–Crippen MR) is 84.5 cm³/mol. The highest BCUT2D eigenvalue weighted by Crippen LogP contribution is 2.40. The highest BCUT2D eigenvalue weighted by Gasteiger charge is 2.62. The van der Waals surface area contributed by atoms with Gasteiger partial charge in [0.25, 0.3) is 11.5 Å². The summed E-state index contributed by atoms with van der Waals surface area (Å²) in [4.78, 5) is 25.0. The average Bonchev–Trinajstić information content (AvgIpc) is 3.13. The molecule has 0 aliphatic heterocycles. The molecule has 1 N–H and O–H groups in total. The van der Waals surface area contributed by atoms with E-state index in [-0.39, 0.29) is 18.1 Å². The van der Waals surface area contributed by atoms with Crippen molar-refractivity contribution in [3.8, 4) is 0 Å². The number of carbonyl (C=O) groups is 2. The zero-order chi connectivity index (χ0) is 19.5. The standard InChI is InChI=1S/C17H16F3NO5/c1-3-25-15(23)16(24,17(18,19)20)11-6-8-12(9-7-11)21(2)14(22)13-5-4-10-26-13/h4-10,24H,3H2,1-2H3. The van der Waals surface area contributed by atoms with E-state index >= 15 is 0 Å². The first kappa shape index (κ1) is 19.5. The maximum Gasteiger partial charge on any atom is 0.432 e. The topological polar surface area (TPSA) is 80.0 Å². The number of esters is 1. The number of ether oxygens (including phenoxy) is 1. The molecule has 0 saturated heterocycles. The van der Waals surface area contributed by atoms with Gasteiger partial charge in [-0.1, -0.05) is 12.1 Å². The predicted octanol–water partition coefficient (Wildman–Crippen LogP) is 2.87. The smallest absolute Gasteiger partial charge is 0.432 e. The summed E-state index contributed by atoms with van der Waals surface area (Å²) in [7, 11) is 1.40. The third kappa shape index (κ3) is 3.43. The van der Waals surface area contributed by atoms with Gasteiger partial charge in [0.2, 0.25) is 0 Å². The van der Waals surface area contributed by atoms with E-state index in [2.05, 4.69) is 4.74 Å². The van der Waals surface area contributed by atoms with Crippen LogP contribution >= 0.6 is 0 Å². The molecule has 0 fully saturated rings. The van der Waals surface area contributed by atoms with E-state index < -0.39 is 29.2 Å². The molecule has 1 amide bonds. The summed E-state index contributed by atoms with van der Waals surface area (Å²) in [5.41, 5.74) is -4.28. The molecule has 2 rings (SSSR count). The van der Waals surface area contributed by atoms with Gasteiger partial charge in [-0.2, -0.15) is 13.2 Å². The number of halogens is 3. The average molecular weight is 371 g/mol. The van der Waals surface area contributed by atoms with E-state index in [4.69, 9.17) is 4.42 Å². The Hall–Kier alpha value is -2.81. The lowest BCUT2D eigenvalue weighted by Gasteiger charge is -2.28. The lowest BCUT2D eigenvalue weighted by atomic mass is 9.93. The van der Waals surface area contributed by atoms with Crippen molar-refractivity contribution in [3.05, 3.63) is 54.0 Å². The van der Waals surface area contributed by atoms with Crippen molar-refractivity contribution in [2.24, 2.45) is 0 Å².